The van der Waals surface area contributed by atoms with E-state index in [2.05, 4.69) is 14.8 Å². The second kappa shape index (κ2) is 9.50. The number of thiazole rings is 1. The standard InChI is InChI=1S/C23H24ClFN4O3S/c1-2-32-23(30)19-18-12-15(28-6-8-31-9-7-28)13-29(18)21(22-26-5-10-33-22)27-20(19)16-4-3-14(25)11-17(16)24/h3-5,10-11,15,20H,2,6-9,12-13H2,1H3/t15-,20-/m0/s1. The molecule has 2 atom stereocenters. The Morgan fingerprint density at radius 3 is 2.88 bits per heavy atom. The number of hydrogen-bond donors (Lipinski definition) is 0. The van der Waals surface area contributed by atoms with Gasteiger partial charge in [0.1, 0.15) is 11.9 Å². The van der Waals surface area contributed by atoms with Gasteiger partial charge < -0.3 is 14.4 Å². The number of carbonyl (C=O) groups excluding carboxylic acids is 1. The number of benzene rings is 1. The highest BCUT2D eigenvalue weighted by molar-refractivity contribution is 7.11. The minimum absolute atomic E-state index is 0.209. The van der Waals surface area contributed by atoms with Crippen molar-refractivity contribution in [3.8, 4) is 0 Å². The van der Waals surface area contributed by atoms with E-state index in [0.717, 1.165) is 23.8 Å². The van der Waals surface area contributed by atoms with E-state index in [4.69, 9.17) is 26.1 Å². The molecule has 2 fully saturated rings. The van der Waals surface area contributed by atoms with Gasteiger partial charge in [0.15, 0.2) is 10.8 Å². The minimum atomic E-state index is -0.703. The zero-order valence-corrected chi connectivity index (χ0v) is 19.7. The van der Waals surface area contributed by atoms with Crippen molar-refractivity contribution in [2.45, 2.75) is 25.4 Å². The first-order valence-electron chi connectivity index (χ1n) is 11.0. The second-order valence-electron chi connectivity index (χ2n) is 8.06. The van der Waals surface area contributed by atoms with Crippen LogP contribution in [0.25, 0.3) is 0 Å². The van der Waals surface area contributed by atoms with Crippen LogP contribution in [0.15, 0.2) is 46.0 Å². The molecule has 3 aliphatic heterocycles. The van der Waals surface area contributed by atoms with Gasteiger partial charge in [-0.3, -0.25) is 9.89 Å². The Labute approximate surface area is 200 Å². The van der Waals surface area contributed by atoms with Crippen molar-refractivity contribution in [2.75, 3.05) is 39.5 Å². The Kier molecular flexibility index (Phi) is 6.47. The van der Waals surface area contributed by atoms with Gasteiger partial charge in [-0.25, -0.2) is 14.2 Å². The number of halogens is 2. The van der Waals surface area contributed by atoms with Crippen molar-refractivity contribution in [3.05, 3.63) is 62.5 Å². The molecule has 7 nitrogen and oxygen atoms in total. The second-order valence-corrected chi connectivity index (χ2v) is 9.36. The normalized spacial score (nSPS) is 23.5. The van der Waals surface area contributed by atoms with Gasteiger partial charge in [-0.2, -0.15) is 0 Å². The quantitative estimate of drug-likeness (QED) is 0.596. The lowest BCUT2D eigenvalue weighted by Gasteiger charge is -2.33. The predicted molar refractivity (Wildman–Crippen MR) is 124 cm³/mol. The maximum Gasteiger partial charge on any atom is 0.338 e. The van der Waals surface area contributed by atoms with E-state index < -0.39 is 17.8 Å². The summed E-state index contributed by atoms with van der Waals surface area (Å²) in [7, 11) is 0. The summed E-state index contributed by atoms with van der Waals surface area (Å²) in [6, 6.07) is 3.69. The summed E-state index contributed by atoms with van der Waals surface area (Å²) < 4.78 is 24.8. The highest BCUT2D eigenvalue weighted by atomic mass is 35.5. The van der Waals surface area contributed by atoms with Crippen molar-refractivity contribution in [1.82, 2.24) is 14.8 Å². The number of rotatable bonds is 5. The molecule has 4 heterocycles. The highest BCUT2D eigenvalue weighted by Crippen LogP contribution is 2.43. The molecule has 0 N–H and O–H groups in total. The molecule has 5 rings (SSSR count). The summed E-state index contributed by atoms with van der Waals surface area (Å²) in [4.78, 5) is 27.2. The Morgan fingerprint density at radius 1 is 1.36 bits per heavy atom. The number of nitrogens with zero attached hydrogens (tertiary/aromatic N) is 4. The molecule has 0 saturated carbocycles. The molecule has 0 spiro atoms. The van der Waals surface area contributed by atoms with Gasteiger partial charge in [-0.1, -0.05) is 17.7 Å². The molecule has 3 aliphatic rings. The van der Waals surface area contributed by atoms with Crippen LogP contribution >= 0.6 is 22.9 Å². The van der Waals surface area contributed by atoms with Crippen LogP contribution in [0.2, 0.25) is 5.02 Å². The van der Waals surface area contributed by atoms with Crippen LogP contribution < -0.4 is 0 Å². The van der Waals surface area contributed by atoms with E-state index in [9.17, 15) is 9.18 Å². The smallest absolute Gasteiger partial charge is 0.338 e. The molecule has 2 saturated heterocycles. The van der Waals surface area contributed by atoms with Gasteiger partial charge in [0.25, 0.3) is 0 Å². The molecule has 0 radical (unpaired) electrons. The maximum atomic E-state index is 13.8. The molecule has 0 bridgehead atoms. The van der Waals surface area contributed by atoms with Crippen LogP contribution in [0.1, 0.15) is 30.0 Å². The molecular formula is C23H24ClFN4O3S. The van der Waals surface area contributed by atoms with E-state index in [-0.39, 0.29) is 17.7 Å². The monoisotopic (exact) mass is 490 g/mol. The van der Waals surface area contributed by atoms with Crippen LogP contribution in [0.3, 0.4) is 0 Å². The molecule has 2 aromatic rings. The number of morpholine rings is 1. The van der Waals surface area contributed by atoms with E-state index in [0.29, 0.717) is 43.2 Å². The fraction of sp³-hybridized carbons (Fsp3) is 0.435. The zero-order valence-electron chi connectivity index (χ0n) is 18.2. The largest absolute Gasteiger partial charge is 0.463 e. The number of carbonyl (C=O) groups is 1. The van der Waals surface area contributed by atoms with Crippen LogP contribution in [-0.2, 0) is 14.3 Å². The van der Waals surface area contributed by atoms with Crippen LogP contribution in [0, 0.1) is 5.82 Å². The van der Waals surface area contributed by atoms with E-state index in [1.807, 2.05) is 5.38 Å². The third-order valence-electron chi connectivity index (χ3n) is 6.18. The zero-order chi connectivity index (χ0) is 22.9. The molecule has 1 aromatic carbocycles. The van der Waals surface area contributed by atoms with Crippen molar-refractivity contribution in [1.29, 1.82) is 0 Å². The molecule has 0 unspecified atom stereocenters. The fourth-order valence-electron chi connectivity index (χ4n) is 4.68. The first kappa shape index (κ1) is 22.5. The number of esters is 1. The average Bonchev–Trinajstić information content (AvgIpc) is 3.49. The predicted octanol–water partition coefficient (Wildman–Crippen LogP) is 3.66. The van der Waals surface area contributed by atoms with Crippen LogP contribution in [-0.4, -0.2) is 72.1 Å². The van der Waals surface area contributed by atoms with Gasteiger partial charge in [0.05, 0.1) is 25.4 Å². The summed E-state index contributed by atoms with van der Waals surface area (Å²) in [5.74, 6) is -0.162. The third kappa shape index (κ3) is 4.30. The summed E-state index contributed by atoms with van der Waals surface area (Å²) >= 11 is 7.93. The summed E-state index contributed by atoms with van der Waals surface area (Å²) in [6.07, 6.45) is 2.41. The van der Waals surface area contributed by atoms with Gasteiger partial charge in [0.2, 0.25) is 0 Å². The van der Waals surface area contributed by atoms with Gasteiger partial charge >= 0.3 is 5.97 Å². The summed E-state index contributed by atoms with van der Waals surface area (Å²) in [5.41, 5.74) is 1.90. The van der Waals surface area contributed by atoms with E-state index in [1.165, 1.54) is 23.5 Å². The van der Waals surface area contributed by atoms with Gasteiger partial charge in [-0.15, -0.1) is 11.3 Å². The Hall–Kier alpha value is -2.33. The molecule has 0 amide bonds. The minimum Gasteiger partial charge on any atom is -0.463 e. The number of aromatic nitrogens is 1. The summed E-state index contributed by atoms with van der Waals surface area (Å²) in [5, 5.41) is 2.89. The van der Waals surface area contributed by atoms with Gasteiger partial charge in [-0.05, 0) is 19.1 Å². The first-order valence-corrected chi connectivity index (χ1v) is 12.2. The summed E-state index contributed by atoms with van der Waals surface area (Å²) in [6.45, 7) is 5.80. The number of ether oxygens (including phenoxy) is 2. The number of hydrogen-bond acceptors (Lipinski definition) is 8. The highest BCUT2D eigenvalue weighted by Gasteiger charge is 2.44. The van der Waals surface area contributed by atoms with E-state index >= 15 is 0 Å². The average molecular weight is 491 g/mol. The first-order chi connectivity index (χ1) is 16.1. The molecular weight excluding hydrogens is 467 g/mol. The van der Waals surface area contributed by atoms with Crippen molar-refractivity contribution in [2.24, 2.45) is 4.99 Å². The Balaban J connectivity index is 1.64. The Bertz CT molecular complexity index is 1100. The molecule has 33 heavy (non-hydrogen) atoms. The molecule has 0 aliphatic carbocycles. The lowest BCUT2D eigenvalue weighted by atomic mass is 9.94. The Morgan fingerprint density at radius 2 is 2.18 bits per heavy atom. The number of amidine groups is 1. The molecule has 1 aromatic heterocycles. The lowest BCUT2D eigenvalue weighted by molar-refractivity contribution is -0.139. The van der Waals surface area contributed by atoms with Crippen LogP contribution in [0.5, 0.6) is 0 Å². The molecule has 10 heteroatoms. The van der Waals surface area contributed by atoms with E-state index in [1.54, 1.807) is 19.2 Å². The molecule has 174 valence electrons. The van der Waals surface area contributed by atoms with Crippen molar-refractivity contribution < 1.29 is 18.7 Å². The number of fused-ring (bicyclic) bond motifs is 1. The number of aliphatic imine (C=N–C) groups is 1. The van der Waals surface area contributed by atoms with Crippen LogP contribution in [0.4, 0.5) is 4.39 Å². The SMILES string of the molecule is CCOC(=O)C1=C2C[C@H](N3CCOCC3)CN2C(c2nccs2)=N[C@H]1c1ccc(F)cc1Cl. The fourth-order valence-corrected chi connectivity index (χ4v) is 5.59. The third-order valence-corrected chi connectivity index (χ3v) is 7.27. The maximum absolute atomic E-state index is 13.8. The van der Waals surface area contributed by atoms with Gasteiger partial charge in [0, 0.05) is 60.0 Å². The van der Waals surface area contributed by atoms with Crippen molar-refractivity contribution in [3.63, 3.8) is 0 Å². The van der Waals surface area contributed by atoms with Crippen molar-refractivity contribution >= 4 is 34.7 Å². The topological polar surface area (TPSA) is 67.3 Å². The lowest BCUT2D eigenvalue weighted by Crippen LogP contribution is -2.45.